The third kappa shape index (κ3) is 3.23. The number of benzene rings is 1. The van der Waals surface area contributed by atoms with E-state index in [1.165, 1.54) is 4.68 Å². The fraction of sp³-hybridized carbons (Fsp3) is 0.278. The second kappa shape index (κ2) is 6.97. The van der Waals surface area contributed by atoms with Crippen LogP contribution in [0.4, 0.5) is 0 Å². The van der Waals surface area contributed by atoms with Crippen molar-refractivity contribution in [3.8, 4) is 10.6 Å². The molecule has 0 aliphatic heterocycles. The van der Waals surface area contributed by atoms with E-state index in [1.807, 2.05) is 49.6 Å². The van der Waals surface area contributed by atoms with Gasteiger partial charge in [0.25, 0.3) is 5.56 Å². The molecular weight excluding hydrogens is 322 g/mol. The predicted molar refractivity (Wildman–Crippen MR) is 97.2 cm³/mol. The third-order valence-corrected chi connectivity index (χ3v) is 4.81. The van der Waals surface area contributed by atoms with Gasteiger partial charge in [0.15, 0.2) is 0 Å². The van der Waals surface area contributed by atoms with Gasteiger partial charge >= 0.3 is 0 Å². The van der Waals surface area contributed by atoms with E-state index in [-0.39, 0.29) is 24.1 Å². The Bertz CT molecular complexity index is 916. The van der Waals surface area contributed by atoms with Crippen molar-refractivity contribution in [3.05, 3.63) is 52.1 Å². The van der Waals surface area contributed by atoms with E-state index in [4.69, 9.17) is 0 Å². The zero-order chi connectivity index (χ0) is 17.1. The van der Waals surface area contributed by atoms with Crippen LogP contribution in [0.5, 0.6) is 0 Å². The molecule has 0 saturated heterocycles. The number of carbonyl (C=O) groups excluding carboxylic acids is 1. The average molecular weight is 341 g/mol. The van der Waals surface area contributed by atoms with Crippen LogP contribution in [-0.2, 0) is 11.3 Å². The zero-order valence-corrected chi connectivity index (χ0v) is 14.5. The van der Waals surface area contributed by atoms with Gasteiger partial charge in [-0.25, -0.2) is 4.68 Å². The lowest BCUT2D eigenvalue weighted by molar-refractivity contribution is -0.122. The molecule has 1 amide bonds. The summed E-state index contributed by atoms with van der Waals surface area (Å²) in [4.78, 5) is 25.8. The van der Waals surface area contributed by atoms with Gasteiger partial charge < -0.3 is 5.32 Å². The predicted octanol–water partition coefficient (Wildman–Crippen LogP) is 3.04. The van der Waals surface area contributed by atoms with Crippen molar-refractivity contribution in [2.75, 3.05) is 0 Å². The number of carbonyl (C=O) groups is 1. The zero-order valence-electron chi connectivity index (χ0n) is 13.7. The van der Waals surface area contributed by atoms with Crippen molar-refractivity contribution in [2.24, 2.45) is 0 Å². The maximum atomic E-state index is 12.7. The summed E-state index contributed by atoms with van der Waals surface area (Å²) in [6.45, 7) is 3.86. The van der Waals surface area contributed by atoms with Gasteiger partial charge in [0.2, 0.25) is 5.91 Å². The van der Waals surface area contributed by atoms with Crippen LogP contribution in [0, 0.1) is 0 Å². The fourth-order valence-corrected chi connectivity index (χ4v) is 3.22. The summed E-state index contributed by atoms with van der Waals surface area (Å²) in [7, 11) is 0. The second-order valence-electron chi connectivity index (χ2n) is 5.71. The molecule has 0 spiro atoms. The summed E-state index contributed by atoms with van der Waals surface area (Å²) in [6, 6.07) is 11.4. The Morgan fingerprint density at radius 2 is 2.00 bits per heavy atom. The smallest absolute Gasteiger partial charge is 0.275 e. The first kappa shape index (κ1) is 16.4. The molecule has 1 aromatic carbocycles. The van der Waals surface area contributed by atoms with Crippen molar-refractivity contribution < 1.29 is 4.79 Å². The van der Waals surface area contributed by atoms with Crippen LogP contribution in [0.2, 0.25) is 0 Å². The molecule has 2 heterocycles. The molecule has 24 heavy (non-hydrogen) atoms. The Labute approximate surface area is 143 Å². The van der Waals surface area contributed by atoms with Gasteiger partial charge in [0.1, 0.15) is 12.2 Å². The minimum atomic E-state index is -0.245. The maximum absolute atomic E-state index is 12.7. The maximum Gasteiger partial charge on any atom is 0.275 e. The average Bonchev–Trinajstić information content (AvgIpc) is 3.11. The van der Waals surface area contributed by atoms with Crippen LogP contribution in [0.25, 0.3) is 21.3 Å². The Balaban J connectivity index is 2.07. The van der Waals surface area contributed by atoms with Crippen LogP contribution in [-0.4, -0.2) is 21.7 Å². The molecule has 0 radical (unpaired) electrons. The Morgan fingerprint density at radius 1 is 1.25 bits per heavy atom. The van der Waals surface area contributed by atoms with Gasteiger partial charge in [-0.05, 0) is 30.9 Å². The second-order valence-corrected chi connectivity index (χ2v) is 6.66. The largest absolute Gasteiger partial charge is 0.352 e. The van der Waals surface area contributed by atoms with Gasteiger partial charge in [-0.1, -0.05) is 31.2 Å². The molecule has 0 fully saturated rings. The minimum absolute atomic E-state index is 0.0745. The van der Waals surface area contributed by atoms with Crippen LogP contribution < -0.4 is 10.9 Å². The first-order chi connectivity index (χ1) is 11.6. The van der Waals surface area contributed by atoms with Crippen LogP contribution in [0.1, 0.15) is 20.3 Å². The summed E-state index contributed by atoms with van der Waals surface area (Å²) in [5, 5.41) is 10.7. The van der Waals surface area contributed by atoms with Crippen LogP contribution in [0.3, 0.4) is 0 Å². The number of amides is 1. The quantitative estimate of drug-likeness (QED) is 0.776. The first-order valence-electron chi connectivity index (χ1n) is 7.93. The lowest BCUT2D eigenvalue weighted by Gasteiger charge is -2.13. The van der Waals surface area contributed by atoms with Crippen molar-refractivity contribution >= 4 is 28.0 Å². The number of thiophene rings is 1. The molecule has 6 heteroatoms. The van der Waals surface area contributed by atoms with E-state index in [1.54, 1.807) is 17.4 Å². The molecule has 2 aromatic heterocycles. The Morgan fingerprint density at radius 3 is 2.67 bits per heavy atom. The van der Waals surface area contributed by atoms with E-state index in [0.717, 1.165) is 22.4 Å². The molecular formula is C18H19N3O2S. The van der Waals surface area contributed by atoms with Crippen molar-refractivity contribution in [3.63, 3.8) is 0 Å². The monoisotopic (exact) mass is 341 g/mol. The molecule has 3 aromatic rings. The lowest BCUT2D eigenvalue weighted by Crippen LogP contribution is -2.38. The molecule has 0 saturated carbocycles. The van der Waals surface area contributed by atoms with E-state index in [2.05, 4.69) is 10.4 Å². The van der Waals surface area contributed by atoms with Gasteiger partial charge in [0.05, 0.1) is 10.3 Å². The molecule has 1 atom stereocenters. The Hall–Kier alpha value is -2.47. The summed E-state index contributed by atoms with van der Waals surface area (Å²) in [5.74, 6) is -0.202. The highest BCUT2D eigenvalue weighted by molar-refractivity contribution is 7.13. The van der Waals surface area contributed by atoms with E-state index >= 15 is 0 Å². The van der Waals surface area contributed by atoms with Crippen molar-refractivity contribution in [1.29, 1.82) is 0 Å². The number of rotatable bonds is 5. The SMILES string of the molecule is CC[C@@H](C)NC(=O)Cn1nc(-c2cccs2)c2ccccc2c1=O. The number of hydrogen-bond acceptors (Lipinski definition) is 4. The van der Waals surface area contributed by atoms with Gasteiger partial charge in [-0.2, -0.15) is 5.10 Å². The topological polar surface area (TPSA) is 64.0 Å². The summed E-state index contributed by atoms with van der Waals surface area (Å²) in [6.07, 6.45) is 0.840. The summed E-state index contributed by atoms with van der Waals surface area (Å²) >= 11 is 1.56. The van der Waals surface area contributed by atoms with Gasteiger partial charge in [-0.15, -0.1) is 11.3 Å². The number of fused-ring (bicyclic) bond motifs is 1. The Kier molecular flexibility index (Phi) is 4.76. The number of aromatic nitrogens is 2. The number of hydrogen-bond donors (Lipinski definition) is 1. The molecule has 124 valence electrons. The van der Waals surface area contributed by atoms with Gasteiger partial charge in [0, 0.05) is 11.4 Å². The van der Waals surface area contributed by atoms with Crippen LogP contribution >= 0.6 is 11.3 Å². The molecule has 3 rings (SSSR count). The highest BCUT2D eigenvalue weighted by Crippen LogP contribution is 2.28. The standard InChI is InChI=1S/C18H19N3O2S/c1-3-12(2)19-16(22)11-21-18(23)14-8-5-4-7-13(14)17(20-21)15-9-6-10-24-15/h4-10,12H,3,11H2,1-2H3,(H,19,22)/t12-/m1/s1. The molecule has 5 nitrogen and oxygen atoms in total. The highest BCUT2D eigenvalue weighted by atomic mass is 32.1. The molecule has 0 aliphatic carbocycles. The minimum Gasteiger partial charge on any atom is -0.352 e. The van der Waals surface area contributed by atoms with Crippen molar-refractivity contribution in [1.82, 2.24) is 15.1 Å². The molecule has 0 unspecified atom stereocenters. The first-order valence-corrected chi connectivity index (χ1v) is 8.81. The third-order valence-electron chi connectivity index (χ3n) is 3.94. The summed E-state index contributed by atoms with van der Waals surface area (Å²) < 4.78 is 1.26. The molecule has 0 aliphatic rings. The number of nitrogens with zero attached hydrogens (tertiary/aromatic N) is 2. The normalized spacial score (nSPS) is 12.2. The van der Waals surface area contributed by atoms with E-state index < -0.39 is 0 Å². The van der Waals surface area contributed by atoms with Gasteiger partial charge in [-0.3, -0.25) is 9.59 Å². The van der Waals surface area contributed by atoms with E-state index in [0.29, 0.717) is 5.39 Å². The lowest BCUT2D eigenvalue weighted by atomic mass is 10.1. The summed E-state index contributed by atoms with van der Waals surface area (Å²) in [5.41, 5.74) is 0.488. The number of nitrogens with one attached hydrogen (secondary N) is 1. The fourth-order valence-electron chi connectivity index (χ4n) is 2.50. The van der Waals surface area contributed by atoms with E-state index in [9.17, 15) is 9.59 Å². The van der Waals surface area contributed by atoms with Crippen molar-refractivity contribution in [2.45, 2.75) is 32.9 Å². The molecule has 1 N–H and O–H groups in total. The van der Waals surface area contributed by atoms with Crippen LogP contribution in [0.15, 0.2) is 46.6 Å². The molecule has 0 bridgehead atoms. The highest BCUT2D eigenvalue weighted by Gasteiger charge is 2.15.